The van der Waals surface area contributed by atoms with Crippen LogP contribution in [0, 0.1) is 0 Å². The van der Waals surface area contributed by atoms with Crippen molar-refractivity contribution in [2.24, 2.45) is 0 Å². The molecule has 1 aromatic carbocycles. The van der Waals surface area contributed by atoms with E-state index >= 15 is 0 Å². The molecule has 4 heteroatoms. The monoisotopic (exact) mass is 328 g/mol. The van der Waals surface area contributed by atoms with E-state index in [1.807, 2.05) is 18.2 Å². The summed E-state index contributed by atoms with van der Waals surface area (Å²) in [7, 11) is 0. The minimum Gasteiger partial charge on any atom is -0.348 e. The molecule has 3 nitrogen and oxygen atoms in total. The first-order valence-electron chi connectivity index (χ1n) is 8.21. The lowest BCUT2D eigenvalue weighted by Crippen LogP contribution is -2.22. The first-order chi connectivity index (χ1) is 11.2. The van der Waals surface area contributed by atoms with Gasteiger partial charge in [-0.25, -0.2) is 4.98 Å². The van der Waals surface area contributed by atoms with E-state index in [0.717, 1.165) is 5.56 Å². The van der Waals surface area contributed by atoms with Gasteiger partial charge >= 0.3 is 0 Å². The molecule has 1 fully saturated rings. The van der Waals surface area contributed by atoms with Crippen molar-refractivity contribution in [2.45, 2.75) is 44.6 Å². The molecule has 0 saturated heterocycles. The highest BCUT2D eigenvalue weighted by Gasteiger charge is 2.15. The maximum atomic E-state index is 12.2. The van der Waals surface area contributed by atoms with Gasteiger partial charge in [-0.2, -0.15) is 0 Å². The van der Waals surface area contributed by atoms with Crippen LogP contribution in [0.1, 0.15) is 59.5 Å². The number of nitrogens with one attached hydrogen (secondary N) is 1. The Bertz CT molecular complexity index is 646. The van der Waals surface area contributed by atoms with Gasteiger partial charge in [0.1, 0.15) is 5.15 Å². The van der Waals surface area contributed by atoms with E-state index < -0.39 is 0 Å². The van der Waals surface area contributed by atoms with Gasteiger partial charge in [-0.05, 0) is 48.1 Å². The number of nitrogens with zero attached hydrogens (tertiary/aromatic N) is 1. The Morgan fingerprint density at radius 1 is 1.09 bits per heavy atom. The molecule has 1 aliphatic rings. The number of benzene rings is 1. The zero-order valence-electron chi connectivity index (χ0n) is 13.1. The highest BCUT2D eigenvalue weighted by molar-refractivity contribution is 6.29. The van der Waals surface area contributed by atoms with Gasteiger partial charge in [0.05, 0.1) is 0 Å². The zero-order valence-corrected chi connectivity index (χ0v) is 13.9. The molecule has 0 atom stereocenters. The normalized spacial score (nSPS) is 15.3. The molecule has 1 aromatic heterocycles. The molecule has 0 unspecified atom stereocenters. The third kappa shape index (κ3) is 4.32. The molecule has 0 radical (unpaired) electrons. The molecule has 0 aliphatic heterocycles. The molecule has 120 valence electrons. The van der Waals surface area contributed by atoms with Crippen LogP contribution < -0.4 is 5.32 Å². The lowest BCUT2D eigenvalue weighted by Gasteiger charge is -2.22. The van der Waals surface area contributed by atoms with Crippen molar-refractivity contribution in [1.29, 1.82) is 0 Å². The van der Waals surface area contributed by atoms with Crippen LogP contribution in [-0.4, -0.2) is 10.9 Å². The third-order valence-electron chi connectivity index (χ3n) is 4.49. The van der Waals surface area contributed by atoms with Crippen LogP contribution in [0.5, 0.6) is 0 Å². The average molecular weight is 329 g/mol. The molecule has 1 amide bonds. The Morgan fingerprint density at radius 3 is 2.48 bits per heavy atom. The fraction of sp³-hybridized carbons (Fsp3) is 0.368. The van der Waals surface area contributed by atoms with Gasteiger partial charge in [0.25, 0.3) is 5.91 Å². The Labute approximate surface area is 142 Å². The third-order valence-corrected chi connectivity index (χ3v) is 4.71. The van der Waals surface area contributed by atoms with Gasteiger partial charge in [-0.1, -0.05) is 49.1 Å². The van der Waals surface area contributed by atoms with Crippen LogP contribution in [0.15, 0.2) is 42.6 Å². The second-order valence-electron chi connectivity index (χ2n) is 6.13. The van der Waals surface area contributed by atoms with Crippen molar-refractivity contribution < 1.29 is 4.79 Å². The topological polar surface area (TPSA) is 42.0 Å². The van der Waals surface area contributed by atoms with E-state index in [0.29, 0.717) is 23.2 Å². The zero-order chi connectivity index (χ0) is 16.1. The highest BCUT2D eigenvalue weighted by Crippen LogP contribution is 2.32. The SMILES string of the molecule is O=C(NCc1ccc(Cl)nc1)c1ccc(C2CCCCC2)cc1. The molecule has 0 spiro atoms. The van der Waals surface area contributed by atoms with E-state index in [-0.39, 0.29) is 5.91 Å². The summed E-state index contributed by atoms with van der Waals surface area (Å²) >= 11 is 5.75. The van der Waals surface area contributed by atoms with E-state index in [2.05, 4.69) is 22.4 Å². The first kappa shape index (κ1) is 16.0. The summed E-state index contributed by atoms with van der Waals surface area (Å²) in [6.07, 6.45) is 8.22. The number of amides is 1. The lowest BCUT2D eigenvalue weighted by molar-refractivity contribution is 0.0951. The molecule has 0 bridgehead atoms. The standard InChI is InChI=1S/C19H21ClN2O/c20-18-11-6-14(12-21-18)13-22-19(23)17-9-7-16(8-10-17)15-4-2-1-3-5-15/h6-12,15H,1-5,13H2,(H,22,23). The molecule has 1 saturated carbocycles. The number of pyridine rings is 1. The maximum absolute atomic E-state index is 12.2. The van der Waals surface area contributed by atoms with E-state index in [9.17, 15) is 4.79 Å². The van der Waals surface area contributed by atoms with Crippen molar-refractivity contribution in [2.75, 3.05) is 0 Å². The van der Waals surface area contributed by atoms with Gasteiger partial charge < -0.3 is 5.32 Å². The fourth-order valence-corrected chi connectivity index (χ4v) is 3.25. The van der Waals surface area contributed by atoms with Crippen LogP contribution >= 0.6 is 11.6 Å². The van der Waals surface area contributed by atoms with Gasteiger partial charge in [0, 0.05) is 18.3 Å². The summed E-state index contributed by atoms with van der Waals surface area (Å²) in [6, 6.07) is 11.7. The van der Waals surface area contributed by atoms with Crippen LogP contribution in [-0.2, 0) is 6.54 Å². The molecular weight excluding hydrogens is 308 g/mol. The summed E-state index contributed by atoms with van der Waals surface area (Å²) in [5, 5.41) is 3.37. The Kier molecular flexibility index (Phi) is 5.29. The van der Waals surface area contributed by atoms with Gasteiger partial charge in [0.2, 0.25) is 0 Å². The predicted octanol–water partition coefficient (Wildman–Crippen LogP) is 4.71. The van der Waals surface area contributed by atoms with Crippen molar-refractivity contribution in [3.63, 3.8) is 0 Å². The van der Waals surface area contributed by atoms with Crippen LogP contribution in [0.3, 0.4) is 0 Å². The largest absolute Gasteiger partial charge is 0.348 e. The fourth-order valence-electron chi connectivity index (χ4n) is 3.14. The molecule has 23 heavy (non-hydrogen) atoms. The van der Waals surface area contributed by atoms with Crippen molar-refractivity contribution >= 4 is 17.5 Å². The summed E-state index contributed by atoms with van der Waals surface area (Å²) in [5.74, 6) is 0.608. The molecular formula is C19H21ClN2O. The van der Waals surface area contributed by atoms with E-state index in [1.165, 1.54) is 37.7 Å². The lowest BCUT2D eigenvalue weighted by atomic mass is 9.84. The average Bonchev–Trinajstić information content (AvgIpc) is 2.62. The van der Waals surface area contributed by atoms with Crippen LogP contribution in [0.2, 0.25) is 5.15 Å². The Balaban J connectivity index is 1.57. The molecule has 2 aromatic rings. The van der Waals surface area contributed by atoms with Crippen LogP contribution in [0.25, 0.3) is 0 Å². The number of carbonyl (C=O) groups is 1. The second kappa shape index (κ2) is 7.60. The second-order valence-corrected chi connectivity index (χ2v) is 6.52. The quantitative estimate of drug-likeness (QED) is 0.826. The van der Waals surface area contributed by atoms with Gasteiger partial charge in [0.15, 0.2) is 0 Å². The molecule has 1 aliphatic carbocycles. The molecule has 1 N–H and O–H groups in total. The number of rotatable bonds is 4. The summed E-state index contributed by atoms with van der Waals surface area (Å²) < 4.78 is 0. The first-order valence-corrected chi connectivity index (χ1v) is 8.59. The summed E-state index contributed by atoms with van der Waals surface area (Å²) in [4.78, 5) is 16.2. The van der Waals surface area contributed by atoms with Gasteiger partial charge in [-0.15, -0.1) is 0 Å². The van der Waals surface area contributed by atoms with E-state index in [4.69, 9.17) is 11.6 Å². The maximum Gasteiger partial charge on any atom is 0.251 e. The minimum atomic E-state index is -0.0601. The van der Waals surface area contributed by atoms with E-state index in [1.54, 1.807) is 12.3 Å². The molecule has 3 rings (SSSR count). The van der Waals surface area contributed by atoms with Crippen molar-refractivity contribution in [3.8, 4) is 0 Å². The Morgan fingerprint density at radius 2 is 1.83 bits per heavy atom. The summed E-state index contributed by atoms with van der Waals surface area (Å²) in [5.41, 5.74) is 3.00. The highest BCUT2D eigenvalue weighted by atomic mass is 35.5. The molecule has 1 heterocycles. The number of carbonyl (C=O) groups excluding carboxylic acids is 1. The van der Waals surface area contributed by atoms with Gasteiger partial charge in [-0.3, -0.25) is 4.79 Å². The summed E-state index contributed by atoms with van der Waals surface area (Å²) in [6.45, 7) is 0.452. The minimum absolute atomic E-state index is 0.0601. The number of hydrogen-bond acceptors (Lipinski definition) is 2. The van der Waals surface area contributed by atoms with Crippen molar-refractivity contribution in [3.05, 3.63) is 64.4 Å². The van der Waals surface area contributed by atoms with Crippen molar-refractivity contribution in [1.82, 2.24) is 10.3 Å². The Hall–Kier alpha value is -1.87. The number of halogens is 1. The van der Waals surface area contributed by atoms with Crippen LogP contribution in [0.4, 0.5) is 0 Å². The number of aromatic nitrogens is 1. The predicted molar refractivity (Wildman–Crippen MR) is 92.7 cm³/mol. The number of hydrogen-bond donors (Lipinski definition) is 1. The smallest absolute Gasteiger partial charge is 0.251 e.